The summed E-state index contributed by atoms with van der Waals surface area (Å²) in [4.78, 5) is 11.4. The summed E-state index contributed by atoms with van der Waals surface area (Å²) in [6.45, 7) is 3.91. The van der Waals surface area contributed by atoms with E-state index in [-0.39, 0.29) is 12.5 Å². The van der Waals surface area contributed by atoms with Crippen LogP contribution in [0.2, 0.25) is 0 Å². The number of benzene rings is 1. The van der Waals surface area contributed by atoms with Crippen molar-refractivity contribution in [2.75, 3.05) is 13.2 Å². The van der Waals surface area contributed by atoms with Gasteiger partial charge in [-0.25, -0.2) is 4.39 Å². The third-order valence-electron chi connectivity index (χ3n) is 2.35. The van der Waals surface area contributed by atoms with Crippen molar-refractivity contribution in [3.05, 3.63) is 29.6 Å². The van der Waals surface area contributed by atoms with Crippen molar-refractivity contribution in [2.45, 2.75) is 26.4 Å². The molecule has 5 heteroatoms. The minimum atomic E-state index is -0.852. The van der Waals surface area contributed by atoms with Gasteiger partial charge in [-0.3, -0.25) is 4.79 Å². The van der Waals surface area contributed by atoms with Crippen LogP contribution in [-0.4, -0.2) is 24.2 Å². The quantitative estimate of drug-likeness (QED) is 0.814. The third kappa shape index (κ3) is 4.33. The average Bonchev–Trinajstić information content (AvgIpc) is 2.34. The van der Waals surface area contributed by atoms with Crippen molar-refractivity contribution in [3.8, 4) is 5.75 Å². The number of carbonyl (C=O) groups excluding carboxylic acids is 1. The van der Waals surface area contributed by atoms with Crippen LogP contribution in [-0.2, 0) is 4.79 Å². The van der Waals surface area contributed by atoms with Crippen LogP contribution in [0.3, 0.4) is 0 Å². The molecule has 0 fully saturated rings. The number of nitrogens with one attached hydrogen (secondary N) is 1. The fourth-order valence-electron chi connectivity index (χ4n) is 1.44. The first-order valence-corrected chi connectivity index (χ1v) is 5.91. The molecule has 1 atom stereocenters. The van der Waals surface area contributed by atoms with Gasteiger partial charge in [-0.15, -0.1) is 0 Å². The second-order valence-corrected chi connectivity index (χ2v) is 4.00. The monoisotopic (exact) mass is 255 g/mol. The number of amides is 1. The molecule has 0 aromatic heterocycles. The van der Waals surface area contributed by atoms with E-state index in [0.717, 1.165) is 6.42 Å². The molecule has 0 saturated heterocycles. The van der Waals surface area contributed by atoms with E-state index in [1.165, 1.54) is 25.1 Å². The number of aliphatic hydroxyl groups excluding tert-OH is 1. The van der Waals surface area contributed by atoms with E-state index >= 15 is 0 Å². The van der Waals surface area contributed by atoms with E-state index in [0.29, 0.717) is 17.9 Å². The fourth-order valence-corrected chi connectivity index (χ4v) is 1.44. The Bertz CT molecular complexity index is 407. The molecule has 0 bridgehead atoms. The molecule has 0 aliphatic carbocycles. The number of rotatable bonds is 6. The lowest BCUT2D eigenvalue weighted by atomic mass is 10.1. The lowest BCUT2D eigenvalue weighted by Gasteiger charge is -2.13. The van der Waals surface area contributed by atoms with Crippen LogP contribution >= 0.6 is 0 Å². The van der Waals surface area contributed by atoms with Crippen molar-refractivity contribution in [1.82, 2.24) is 5.32 Å². The molecule has 0 aliphatic heterocycles. The minimum Gasteiger partial charge on any atom is -0.483 e. The van der Waals surface area contributed by atoms with Gasteiger partial charge >= 0.3 is 0 Å². The predicted octanol–water partition coefficient (Wildman–Crippen LogP) is 1.78. The van der Waals surface area contributed by atoms with Crippen molar-refractivity contribution >= 4 is 5.91 Å². The predicted molar refractivity (Wildman–Crippen MR) is 65.8 cm³/mol. The minimum absolute atomic E-state index is 0.147. The van der Waals surface area contributed by atoms with Crippen molar-refractivity contribution in [2.24, 2.45) is 0 Å². The number of hydrogen-bond donors (Lipinski definition) is 2. The van der Waals surface area contributed by atoms with E-state index in [1.807, 2.05) is 6.92 Å². The SMILES string of the molecule is CCCNC(=O)COc1ccc(F)cc1[C@H](C)O. The smallest absolute Gasteiger partial charge is 0.257 e. The standard InChI is InChI=1S/C13H18FNO3/c1-3-6-15-13(17)8-18-12-5-4-10(14)7-11(12)9(2)16/h4-5,7,9,16H,3,6,8H2,1-2H3,(H,15,17)/t9-/m0/s1. The summed E-state index contributed by atoms with van der Waals surface area (Å²) in [5, 5.41) is 12.2. The Labute approximate surface area is 106 Å². The molecular weight excluding hydrogens is 237 g/mol. The van der Waals surface area contributed by atoms with Gasteiger partial charge in [-0.05, 0) is 31.5 Å². The number of ether oxygens (including phenoxy) is 1. The number of carbonyl (C=O) groups is 1. The Morgan fingerprint density at radius 2 is 2.28 bits per heavy atom. The molecule has 100 valence electrons. The molecule has 1 rings (SSSR count). The van der Waals surface area contributed by atoms with E-state index < -0.39 is 11.9 Å². The fraction of sp³-hybridized carbons (Fsp3) is 0.462. The third-order valence-corrected chi connectivity index (χ3v) is 2.35. The van der Waals surface area contributed by atoms with Crippen LogP contribution in [0.15, 0.2) is 18.2 Å². The van der Waals surface area contributed by atoms with E-state index in [9.17, 15) is 14.3 Å². The van der Waals surface area contributed by atoms with Crippen molar-refractivity contribution < 1.29 is 19.0 Å². The summed E-state index contributed by atoms with van der Waals surface area (Å²) in [7, 11) is 0. The van der Waals surface area contributed by atoms with Crippen LogP contribution in [0.1, 0.15) is 31.9 Å². The Hall–Kier alpha value is -1.62. The Balaban J connectivity index is 2.64. The van der Waals surface area contributed by atoms with E-state index in [4.69, 9.17) is 4.74 Å². The Kier molecular flexibility index (Phi) is 5.58. The Morgan fingerprint density at radius 1 is 1.56 bits per heavy atom. The molecule has 1 aromatic rings. The second kappa shape index (κ2) is 6.96. The maximum atomic E-state index is 13.0. The lowest BCUT2D eigenvalue weighted by Crippen LogP contribution is -2.29. The molecule has 0 saturated carbocycles. The molecule has 0 spiro atoms. The van der Waals surface area contributed by atoms with Crippen LogP contribution < -0.4 is 10.1 Å². The highest BCUT2D eigenvalue weighted by atomic mass is 19.1. The van der Waals surface area contributed by atoms with Crippen LogP contribution in [0, 0.1) is 5.82 Å². The average molecular weight is 255 g/mol. The van der Waals surface area contributed by atoms with Gasteiger partial charge in [0.15, 0.2) is 6.61 Å². The first-order valence-electron chi connectivity index (χ1n) is 5.91. The first-order chi connectivity index (χ1) is 8.54. The summed E-state index contributed by atoms with van der Waals surface area (Å²) in [6.07, 6.45) is -0.00398. The molecule has 0 heterocycles. The topological polar surface area (TPSA) is 58.6 Å². The molecular formula is C13H18FNO3. The molecule has 1 amide bonds. The summed E-state index contributed by atoms with van der Waals surface area (Å²) in [5.41, 5.74) is 0.332. The summed E-state index contributed by atoms with van der Waals surface area (Å²) >= 11 is 0. The number of halogens is 1. The molecule has 18 heavy (non-hydrogen) atoms. The molecule has 0 radical (unpaired) electrons. The molecule has 0 aliphatic rings. The van der Waals surface area contributed by atoms with E-state index in [2.05, 4.69) is 5.32 Å². The highest BCUT2D eigenvalue weighted by Crippen LogP contribution is 2.25. The van der Waals surface area contributed by atoms with Gasteiger partial charge < -0.3 is 15.2 Å². The first kappa shape index (κ1) is 14.4. The Morgan fingerprint density at radius 3 is 2.89 bits per heavy atom. The molecule has 2 N–H and O–H groups in total. The maximum absolute atomic E-state index is 13.0. The normalized spacial score (nSPS) is 12.0. The molecule has 4 nitrogen and oxygen atoms in total. The van der Waals surface area contributed by atoms with Gasteiger partial charge in [0, 0.05) is 12.1 Å². The maximum Gasteiger partial charge on any atom is 0.257 e. The zero-order chi connectivity index (χ0) is 13.5. The van der Waals surface area contributed by atoms with Gasteiger partial charge in [-0.2, -0.15) is 0 Å². The lowest BCUT2D eigenvalue weighted by molar-refractivity contribution is -0.123. The van der Waals surface area contributed by atoms with Gasteiger partial charge in [0.2, 0.25) is 0 Å². The van der Waals surface area contributed by atoms with Gasteiger partial charge in [-0.1, -0.05) is 6.92 Å². The largest absolute Gasteiger partial charge is 0.483 e. The summed E-state index contributed by atoms with van der Waals surface area (Å²) in [6, 6.07) is 3.83. The zero-order valence-corrected chi connectivity index (χ0v) is 10.6. The van der Waals surface area contributed by atoms with Crippen LogP contribution in [0.5, 0.6) is 5.75 Å². The van der Waals surface area contributed by atoms with Crippen LogP contribution in [0.25, 0.3) is 0 Å². The van der Waals surface area contributed by atoms with Gasteiger partial charge in [0.05, 0.1) is 6.10 Å². The molecule has 1 aromatic carbocycles. The highest BCUT2D eigenvalue weighted by Gasteiger charge is 2.11. The zero-order valence-electron chi connectivity index (χ0n) is 10.6. The number of hydrogen-bond acceptors (Lipinski definition) is 3. The summed E-state index contributed by atoms with van der Waals surface area (Å²) < 4.78 is 18.3. The van der Waals surface area contributed by atoms with Gasteiger partial charge in [0.1, 0.15) is 11.6 Å². The highest BCUT2D eigenvalue weighted by molar-refractivity contribution is 5.77. The van der Waals surface area contributed by atoms with Crippen molar-refractivity contribution in [1.29, 1.82) is 0 Å². The number of aliphatic hydroxyl groups is 1. The van der Waals surface area contributed by atoms with Gasteiger partial charge in [0.25, 0.3) is 5.91 Å². The second-order valence-electron chi connectivity index (χ2n) is 4.00. The van der Waals surface area contributed by atoms with Crippen molar-refractivity contribution in [3.63, 3.8) is 0 Å². The van der Waals surface area contributed by atoms with E-state index in [1.54, 1.807) is 0 Å². The summed E-state index contributed by atoms with van der Waals surface area (Å²) in [5.74, 6) is -0.371. The molecule has 0 unspecified atom stereocenters. The van der Waals surface area contributed by atoms with Crippen LogP contribution in [0.4, 0.5) is 4.39 Å².